The lowest BCUT2D eigenvalue weighted by atomic mass is 10.2. The second-order valence-electron chi connectivity index (χ2n) is 6.18. The lowest BCUT2D eigenvalue weighted by Gasteiger charge is -2.13. The fourth-order valence-corrected chi connectivity index (χ4v) is 3.71. The van der Waals surface area contributed by atoms with Crippen molar-refractivity contribution < 1.29 is 4.79 Å². The molecule has 0 aliphatic heterocycles. The Bertz CT molecular complexity index is 909. The minimum absolute atomic E-state index is 0.0796. The number of hydrogen-bond acceptors (Lipinski definition) is 6. The molecule has 8 heteroatoms. The van der Waals surface area contributed by atoms with Gasteiger partial charge in [-0.25, -0.2) is 14.5 Å². The normalized spacial score (nSPS) is 12.5. The molecule has 3 rings (SSSR count). The van der Waals surface area contributed by atoms with Crippen LogP contribution in [-0.4, -0.2) is 30.5 Å². The Kier molecular flexibility index (Phi) is 4.80. The minimum Gasteiger partial charge on any atom is -0.346 e. The van der Waals surface area contributed by atoms with Crippen LogP contribution < -0.4 is 5.32 Å². The quantitative estimate of drug-likeness (QED) is 0.758. The molecule has 3 aromatic heterocycles. The van der Waals surface area contributed by atoms with Gasteiger partial charge in [-0.2, -0.15) is 4.98 Å². The van der Waals surface area contributed by atoms with Crippen LogP contribution in [0.1, 0.15) is 52.2 Å². The number of aromatic nitrogens is 5. The number of carbonyl (C=O) groups excluding carboxylic acids is 1. The molecule has 0 saturated heterocycles. The van der Waals surface area contributed by atoms with E-state index in [1.54, 1.807) is 15.9 Å². The summed E-state index contributed by atoms with van der Waals surface area (Å²) in [7, 11) is 0. The Morgan fingerprint density at radius 3 is 2.64 bits per heavy atom. The molecule has 0 spiro atoms. The van der Waals surface area contributed by atoms with E-state index in [9.17, 15) is 4.79 Å². The first-order chi connectivity index (χ1) is 11.9. The highest BCUT2D eigenvalue weighted by Crippen LogP contribution is 2.24. The fourth-order valence-electron chi connectivity index (χ4n) is 2.66. The maximum Gasteiger partial charge on any atom is 0.252 e. The molecule has 0 fully saturated rings. The predicted octanol–water partition coefficient (Wildman–Crippen LogP) is 2.62. The van der Waals surface area contributed by atoms with Gasteiger partial charge in [0.25, 0.3) is 5.78 Å². The van der Waals surface area contributed by atoms with Crippen LogP contribution in [0.4, 0.5) is 0 Å². The highest BCUT2D eigenvalue weighted by molar-refractivity contribution is 7.11. The molecule has 1 atom stereocenters. The Balaban J connectivity index is 1.74. The number of nitrogens with zero attached hydrogens (tertiary/aromatic N) is 5. The minimum atomic E-state index is -0.109. The maximum atomic E-state index is 12.4. The average molecular weight is 358 g/mol. The summed E-state index contributed by atoms with van der Waals surface area (Å²) in [5.74, 6) is 0.890. The number of thiazole rings is 1. The molecule has 0 aliphatic rings. The Morgan fingerprint density at radius 2 is 2.00 bits per heavy atom. The van der Waals surface area contributed by atoms with E-state index in [4.69, 9.17) is 0 Å². The van der Waals surface area contributed by atoms with Crippen molar-refractivity contribution in [2.24, 2.45) is 0 Å². The van der Waals surface area contributed by atoms with Crippen LogP contribution in [0, 0.1) is 27.7 Å². The molecular weight excluding hydrogens is 336 g/mol. The Morgan fingerprint density at radius 1 is 1.24 bits per heavy atom. The third-order valence-electron chi connectivity index (χ3n) is 4.07. The smallest absolute Gasteiger partial charge is 0.252 e. The van der Waals surface area contributed by atoms with Crippen molar-refractivity contribution in [1.29, 1.82) is 0 Å². The van der Waals surface area contributed by atoms with Gasteiger partial charge in [-0.05, 0) is 40.2 Å². The molecule has 0 unspecified atom stereocenters. The zero-order valence-corrected chi connectivity index (χ0v) is 15.9. The Labute approximate surface area is 150 Å². The third kappa shape index (κ3) is 3.68. The summed E-state index contributed by atoms with van der Waals surface area (Å²) in [5.41, 5.74) is 2.85. The van der Waals surface area contributed by atoms with E-state index < -0.39 is 0 Å². The van der Waals surface area contributed by atoms with Crippen LogP contribution in [0.3, 0.4) is 0 Å². The molecule has 0 aromatic carbocycles. The van der Waals surface area contributed by atoms with Crippen molar-refractivity contribution in [2.75, 3.05) is 0 Å². The van der Waals surface area contributed by atoms with Crippen LogP contribution in [0.25, 0.3) is 5.78 Å². The monoisotopic (exact) mass is 358 g/mol. The van der Waals surface area contributed by atoms with E-state index in [0.717, 1.165) is 28.5 Å². The molecule has 3 heterocycles. The summed E-state index contributed by atoms with van der Waals surface area (Å²) < 4.78 is 1.67. The van der Waals surface area contributed by atoms with E-state index in [-0.39, 0.29) is 18.4 Å². The molecule has 0 saturated carbocycles. The van der Waals surface area contributed by atoms with Crippen molar-refractivity contribution in [3.8, 4) is 0 Å². The number of aryl methyl sites for hydroxylation is 4. The number of nitrogens with one attached hydrogen (secondary N) is 1. The van der Waals surface area contributed by atoms with Gasteiger partial charge in [0, 0.05) is 16.3 Å². The average Bonchev–Trinajstić information content (AvgIpc) is 3.08. The van der Waals surface area contributed by atoms with Crippen molar-refractivity contribution in [1.82, 2.24) is 29.9 Å². The molecule has 1 amide bonds. The maximum absolute atomic E-state index is 12.4. The number of fused-ring (bicyclic) bond motifs is 1. The highest BCUT2D eigenvalue weighted by Gasteiger charge is 2.19. The van der Waals surface area contributed by atoms with Crippen LogP contribution in [-0.2, 0) is 11.2 Å². The zero-order chi connectivity index (χ0) is 18.1. The second-order valence-corrected chi connectivity index (χ2v) is 7.41. The van der Waals surface area contributed by atoms with Crippen molar-refractivity contribution >= 4 is 23.0 Å². The number of rotatable bonds is 5. The molecule has 25 heavy (non-hydrogen) atoms. The standard InChI is InChI=1S/C17H22N6OS/c1-6-13(16-19-11(4)12(5)25-16)20-15(24)8-14-21-17-18-9(2)7-10(3)23(17)22-14/h7,13H,6,8H2,1-5H3,(H,20,24)/t13-/m0/s1. The van der Waals surface area contributed by atoms with Gasteiger partial charge in [0.1, 0.15) is 5.01 Å². The summed E-state index contributed by atoms with van der Waals surface area (Å²) in [6, 6.07) is 1.86. The zero-order valence-electron chi connectivity index (χ0n) is 15.1. The summed E-state index contributed by atoms with van der Waals surface area (Å²) >= 11 is 1.63. The van der Waals surface area contributed by atoms with E-state index in [2.05, 4.69) is 25.4 Å². The van der Waals surface area contributed by atoms with Crippen molar-refractivity contribution in [3.05, 3.63) is 38.9 Å². The second kappa shape index (κ2) is 6.87. The van der Waals surface area contributed by atoms with Gasteiger partial charge >= 0.3 is 0 Å². The van der Waals surface area contributed by atoms with Crippen LogP contribution in [0.15, 0.2) is 6.07 Å². The third-order valence-corrected chi connectivity index (χ3v) is 5.25. The van der Waals surface area contributed by atoms with Crippen molar-refractivity contribution in [2.45, 2.75) is 53.5 Å². The predicted molar refractivity (Wildman–Crippen MR) is 96.7 cm³/mol. The van der Waals surface area contributed by atoms with Gasteiger partial charge in [0.15, 0.2) is 5.82 Å². The summed E-state index contributed by atoms with van der Waals surface area (Å²) in [6.07, 6.45) is 0.915. The van der Waals surface area contributed by atoms with Crippen LogP contribution in [0.5, 0.6) is 0 Å². The SMILES string of the molecule is CC[C@H](NC(=O)Cc1nc2nc(C)cc(C)n2n1)c1nc(C)c(C)s1. The molecule has 3 aromatic rings. The van der Waals surface area contributed by atoms with E-state index in [1.807, 2.05) is 40.7 Å². The molecule has 7 nitrogen and oxygen atoms in total. The van der Waals surface area contributed by atoms with E-state index in [0.29, 0.717) is 11.6 Å². The Hall–Kier alpha value is -2.35. The lowest BCUT2D eigenvalue weighted by molar-refractivity contribution is -0.121. The summed E-state index contributed by atoms with van der Waals surface area (Å²) in [6.45, 7) is 9.93. The molecule has 0 radical (unpaired) electrons. The van der Waals surface area contributed by atoms with Gasteiger partial charge in [-0.1, -0.05) is 6.92 Å². The largest absolute Gasteiger partial charge is 0.346 e. The van der Waals surface area contributed by atoms with Crippen molar-refractivity contribution in [3.63, 3.8) is 0 Å². The van der Waals surface area contributed by atoms with Gasteiger partial charge < -0.3 is 5.32 Å². The number of carbonyl (C=O) groups is 1. The summed E-state index contributed by atoms with van der Waals surface area (Å²) in [4.78, 5) is 26.9. The topological polar surface area (TPSA) is 85.1 Å². The highest BCUT2D eigenvalue weighted by atomic mass is 32.1. The lowest BCUT2D eigenvalue weighted by Crippen LogP contribution is -2.29. The van der Waals surface area contributed by atoms with Gasteiger partial charge in [-0.15, -0.1) is 16.4 Å². The summed E-state index contributed by atoms with van der Waals surface area (Å²) in [5, 5.41) is 8.37. The fraction of sp³-hybridized carbons (Fsp3) is 0.471. The molecule has 132 valence electrons. The number of amides is 1. The number of hydrogen-bond donors (Lipinski definition) is 1. The molecule has 1 N–H and O–H groups in total. The van der Waals surface area contributed by atoms with E-state index >= 15 is 0 Å². The first kappa shape index (κ1) is 17.5. The first-order valence-corrected chi connectivity index (χ1v) is 9.12. The van der Waals surface area contributed by atoms with Crippen LogP contribution in [0.2, 0.25) is 0 Å². The van der Waals surface area contributed by atoms with Crippen LogP contribution >= 0.6 is 11.3 Å². The molecule has 0 aliphatic carbocycles. The molecule has 0 bridgehead atoms. The molecular formula is C17H22N6OS. The first-order valence-electron chi connectivity index (χ1n) is 8.30. The van der Waals surface area contributed by atoms with Gasteiger partial charge in [0.05, 0.1) is 18.2 Å². The van der Waals surface area contributed by atoms with E-state index in [1.165, 1.54) is 4.88 Å². The van der Waals surface area contributed by atoms with Gasteiger partial charge in [0.2, 0.25) is 5.91 Å². The van der Waals surface area contributed by atoms with Gasteiger partial charge in [-0.3, -0.25) is 4.79 Å².